The van der Waals surface area contributed by atoms with Gasteiger partial charge in [-0.3, -0.25) is 0 Å². The van der Waals surface area contributed by atoms with Crippen molar-refractivity contribution in [2.45, 2.75) is 46.5 Å². The minimum Gasteiger partial charge on any atom is -0.0842 e. The fraction of sp³-hybridized carbons (Fsp3) is 0.571. The summed E-state index contributed by atoms with van der Waals surface area (Å²) in [6.45, 7) is 6.75. The number of hydrogen-bond acceptors (Lipinski definition) is 0. The summed E-state index contributed by atoms with van der Waals surface area (Å²) in [4.78, 5) is 0. The van der Waals surface area contributed by atoms with Gasteiger partial charge in [-0.15, -0.1) is 0 Å². The van der Waals surface area contributed by atoms with Crippen molar-refractivity contribution in [2.75, 3.05) is 0 Å². The van der Waals surface area contributed by atoms with Gasteiger partial charge in [-0.25, -0.2) is 0 Å². The molecule has 0 saturated heterocycles. The van der Waals surface area contributed by atoms with Gasteiger partial charge in [-0.05, 0) is 69.1 Å². The van der Waals surface area contributed by atoms with Crippen LogP contribution in [0.4, 0.5) is 0 Å². The third-order valence-electron chi connectivity index (χ3n) is 3.80. The van der Waals surface area contributed by atoms with Crippen molar-refractivity contribution in [2.24, 2.45) is 5.92 Å². The molecule has 2 aliphatic rings. The molecular weight excluding hydrogens is 168 g/mol. The van der Waals surface area contributed by atoms with E-state index in [1.807, 2.05) is 0 Å². The molecule has 14 heavy (non-hydrogen) atoms. The normalized spacial score (nSPS) is 30.4. The molecule has 0 nitrogen and oxygen atoms in total. The van der Waals surface area contributed by atoms with Gasteiger partial charge in [-0.1, -0.05) is 17.7 Å². The van der Waals surface area contributed by atoms with Gasteiger partial charge in [0.05, 0.1) is 0 Å². The maximum Gasteiger partial charge on any atom is -0.0151 e. The number of fused-ring (bicyclic) bond motifs is 1. The van der Waals surface area contributed by atoms with Gasteiger partial charge in [0, 0.05) is 0 Å². The Kier molecular flexibility index (Phi) is 2.62. The Labute approximate surface area is 87.4 Å². The third-order valence-corrected chi connectivity index (χ3v) is 3.80. The fourth-order valence-corrected chi connectivity index (χ4v) is 3.02. The Morgan fingerprint density at radius 1 is 1.29 bits per heavy atom. The van der Waals surface area contributed by atoms with Gasteiger partial charge in [0.15, 0.2) is 0 Å². The topological polar surface area (TPSA) is 0 Å². The quantitative estimate of drug-likeness (QED) is 0.528. The summed E-state index contributed by atoms with van der Waals surface area (Å²) >= 11 is 0. The molecule has 2 rings (SSSR count). The molecule has 0 spiro atoms. The van der Waals surface area contributed by atoms with E-state index in [1.165, 1.54) is 31.3 Å². The van der Waals surface area contributed by atoms with Crippen molar-refractivity contribution in [1.29, 1.82) is 0 Å². The highest BCUT2D eigenvalue weighted by atomic mass is 14.3. The largest absolute Gasteiger partial charge is 0.0842 e. The summed E-state index contributed by atoms with van der Waals surface area (Å²) in [5.74, 6) is 0.865. The van der Waals surface area contributed by atoms with Gasteiger partial charge in [-0.2, -0.15) is 0 Å². The first-order valence-electron chi connectivity index (χ1n) is 5.77. The third kappa shape index (κ3) is 1.47. The summed E-state index contributed by atoms with van der Waals surface area (Å²) in [6, 6.07) is 0. The van der Waals surface area contributed by atoms with E-state index in [4.69, 9.17) is 0 Å². The van der Waals surface area contributed by atoms with Gasteiger partial charge in [0.1, 0.15) is 0 Å². The number of hydrogen-bond donors (Lipinski definition) is 0. The van der Waals surface area contributed by atoms with Crippen molar-refractivity contribution in [3.63, 3.8) is 0 Å². The maximum absolute atomic E-state index is 2.41. The van der Waals surface area contributed by atoms with Gasteiger partial charge in [0.25, 0.3) is 0 Å². The molecule has 0 fully saturated rings. The molecule has 1 atom stereocenters. The Morgan fingerprint density at radius 2 is 2.07 bits per heavy atom. The second-order valence-electron chi connectivity index (χ2n) is 4.55. The van der Waals surface area contributed by atoms with E-state index < -0.39 is 0 Å². The van der Waals surface area contributed by atoms with Crippen molar-refractivity contribution in [1.82, 2.24) is 0 Å². The molecule has 2 aliphatic carbocycles. The molecular formula is C14H20. The van der Waals surface area contributed by atoms with Crippen LogP contribution in [0.1, 0.15) is 46.5 Å². The van der Waals surface area contributed by atoms with Crippen LogP contribution in [0.2, 0.25) is 0 Å². The lowest BCUT2D eigenvalue weighted by Gasteiger charge is -2.32. The number of allylic oxidation sites excluding steroid dienone is 6. The van der Waals surface area contributed by atoms with Crippen LogP contribution in [0.15, 0.2) is 34.4 Å². The van der Waals surface area contributed by atoms with E-state index >= 15 is 0 Å². The van der Waals surface area contributed by atoms with E-state index in [9.17, 15) is 0 Å². The van der Waals surface area contributed by atoms with Crippen LogP contribution in [0.25, 0.3) is 0 Å². The molecule has 0 heteroatoms. The second kappa shape index (κ2) is 3.76. The molecule has 0 aromatic heterocycles. The number of rotatable bonds is 0. The highest BCUT2D eigenvalue weighted by Gasteiger charge is 2.25. The summed E-state index contributed by atoms with van der Waals surface area (Å²) in [5, 5.41) is 0. The monoisotopic (exact) mass is 188 g/mol. The first kappa shape index (κ1) is 9.76. The standard InChI is InChI=1S/C14H20/c1-4-12-8-9-13-7-5-6-10(2)14(13)11(12)3/h4,6,13H,5,7-9H2,1-3H3/b12-4+. The van der Waals surface area contributed by atoms with Crippen LogP contribution in [-0.4, -0.2) is 0 Å². The second-order valence-corrected chi connectivity index (χ2v) is 4.55. The van der Waals surface area contributed by atoms with Crippen molar-refractivity contribution in [3.8, 4) is 0 Å². The summed E-state index contributed by atoms with van der Waals surface area (Å²) in [7, 11) is 0. The van der Waals surface area contributed by atoms with Gasteiger partial charge >= 0.3 is 0 Å². The molecule has 0 aromatic carbocycles. The van der Waals surface area contributed by atoms with Crippen LogP contribution in [0, 0.1) is 5.92 Å². The first-order chi connectivity index (χ1) is 6.74. The minimum atomic E-state index is 0.865. The zero-order valence-corrected chi connectivity index (χ0v) is 9.56. The van der Waals surface area contributed by atoms with E-state index in [2.05, 4.69) is 32.9 Å². The molecule has 0 bridgehead atoms. The average molecular weight is 188 g/mol. The SMILES string of the molecule is C/C=C1\CCC2CCC=C(C)C2=C1C. The predicted molar refractivity (Wildman–Crippen MR) is 62.2 cm³/mol. The van der Waals surface area contributed by atoms with Gasteiger partial charge in [0.2, 0.25) is 0 Å². The summed E-state index contributed by atoms with van der Waals surface area (Å²) in [6.07, 6.45) is 10.0. The zero-order valence-electron chi connectivity index (χ0n) is 9.56. The summed E-state index contributed by atoms with van der Waals surface area (Å²) in [5.41, 5.74) is 6.34. The summed E-state index contributed by atoms with van der Waals surface area (Å²) < 4.78 is 0. The van der Waals surface area contributed by atoms with Crippen LogP contribution in [0.5, 0.6) is 0 Å². The van der Waals surface area contributed by atoms with Crippen molar-refractivity contribution in [3.05, 3.63) is 34.4 Å². The van der Waals surface area contributed by atoms with E-state index in [0.717, 1.165) is 5.92 Å². The molecule has 0 aliphatic heterocycles. The zero-order chi connectivity index (χ0) is 10.1. The van der Waals surface area contributed by atoms with E-state index in [1.54, 1.807) is 16.7 Å². The lowest BCUT2D eigenvalue weighted by molar-refractivity contribution is 0.492. The molecule has 0 heterocycles. The lowest BCUT2D eigenvalue weighted by atomic mass is 9.73. The Hall–Kier alpha value is -0.780. The smallest absolute Gasteiger partial charge is 0.0151 e. The Morgan fingerprint density at radius 3 is 2.79 bits per heavy atom. The molecule has 0 N–H and O–H groups in total. The van der Waals surface area contributed by atoms with Crippen LogP contribution < -0.4 is 0 Å². The van der Waals surface area contributed by atoms with Crippen LogP contribution >= 0.6 is 0 Å². The Balaban J connectivity index is 2.47. The molecule has 0 radical (unpaired) electrons. The molecule has 0 saturated carbocycles. The first-order valence-corrected chi connectivity index (χ1v) is 5.77. The van der Waals surface area contributed by atoms with Crippen LogP contribution in [-0.2, 0) is 0 Å². The predicted octanol–water partition coefficient (Wildman–Crippen LogP) is 4.40. The highest BCUT2D eigenvalue weighted by molar-refractivity contribution is 5.47. The fourth-order valence-electron chi connectivity index (χ4n) is 3.02. The highest BCUT2D eigenvalue weighted by Crippen LogP contribution is 2.42. The molecule has 0 amide bonds. The molecule has 76 valence electrons. The van der Waals surface area contributed by atoms with Crippen molar-refractivity contribution < 1.29 is 0 Å². The molecule has 0 aromatic rings. The lowest BCUT2D eigenvalue weighted by Crippen LogP contribution is -2.16. The van der Waals surface area contributed by atoms with E-state index in [-0.39, 0.29) is 0 Å². The average Bonchev–Trinajstić information content (AvgIpc) is 2.18. The minimum absolute atomic E-state index is 0.865. The van der Waals surface area contributed by atoms with Gasteiger partial charge < -0.3 is 0 Å². The molecule has 1 unspecified atom stereocenters. The van der Waals surface area contributed by atoms with Crippen molar-refractivity contribution >= 4 is 0 Å². The Bertz CT molecular complexity index is 326. The van der Waals surface area contributed by atoms with E-state index in [0.29, 0.717) is 0 Å². The maximum atomic E-state index is 2.41. The van der Waals surface area contributed by atoms with Crippen LogP contribution in [0.3, 0.4) is 0 Å².